The summed E-state index contributed by atoms with van der Waals surface area (Å²) in [6, 6.07) is 5.50. The molecule has 2 bridgehead atoms. The van der Waals surface area contributed by atoms with E-state index in [1.54, 1.807) is 12.1 Å². The molecule has 4 aliphatic heterocycles. The zero-order valence-corrected chi connectivity index (χ0v) is 20.9. The minimum absolute atomic E-state index is 0.0841. The van der Waals surface area contributed by atoms with Crippen LogP contribution in [0.2, 0.25) is 0 Å². The number of ether oxygens (including phenoxy) is 3. The fourth-order valence-electron chi connectivity index (χ4n) is 6.44. The molecule has 1 spiro atoms. The van der Waals surface area contributed by atoms with Crippen molar-refractivity contribution in [1.29, 1.82) is 0 Å². The van der Waals surface area contributed by atoms with Crippen LogP contribution in [0.3, 0.4) is 0 Å². The molecule has 2 amide bonds. The molecular weight excluding hydrogens is 470 g/mol. The number of carbonyl (C=O) groups excluding carboxylic acids is 1. The molecule has 11 heteroatoms. The average Bonchev–Trinajstić information content (AvgIpc) is 3.08. The van der Waals surface area contributed by atoms with E-state index in [1.165, 1.54) is 12.1 Å². The molecule has 1 aromatic carbocycles. The van der Waals surface area contributed by atoms with E-state index in [4.69, 9.17) is 24.0 Å². The van der Waals surface area contributed by atoms with E-state index >= 15 is 0 Å². The summed E-state index contributed by atoms with van der Waals surface area (Å²) >= 11 is 0. The Bertz CT molecular complexity index is 994. The van der Waals surface area contributed by atoms with Crippen molar-refractivity contribution >= 4 is 17.4 Å². The number of carbonyl (C=O) groups is 1. The number of hydrogen-bond donors (Lipinski definition) is 2. The van der Waals surface area contributed by atoms with Crippen molar-refractivity contribution in [3.05, 3.63) is 34.4 Å². The molecule has 1 saturated carbocycles. The molecule has 1 aliphatic carbocycles. The van der Waals surface area contributed by atoms with Gasteiger partial charge in [-0.1, -0.05) is 26.0 Å². The zero-order chi connectivity index (χ0) is 25.5. The Morgan fingerprint density at radius 3 is 2.81 bits per heavy atom. The Hall–Kier alpha value is -2.31. The second-order valence-corrected chi connectivity index (χ2v) is 10.7. The van der Waals surface area contributed by atoms with Gasteiger partial charge in [0.15, 0.2) is 18.2 Å². The topological polar surface area (TPSA) is 130 Å². The van der Waals surface area contributed by atoms with Crippen LogP contribution in [0, 0.1) is 33.8 Å². The normalized spacial score (nSPS) is 39.1. The summed E-state index contributed by atoms with van der Waals surface area (Å²) < 4.78 is 18.9. The van der Waals surface area contributed by atoms with Gasteiger partial charge in [-0.3, -0.25) is 10.1 Å². The molecule has 0 aromatic heterocycles. The number of hydrogen-bond acceptors (Lipinski definition) is 8. The largest absolute Gasteiger partial charge is 0.352 e. The summed E-state index contributed by atoms with van der Waals surface area (Å²) in [5, 5.41) is 16.3. The Morgan fingerprint density at radius 1 is 1.19 bits per heavy atom. The van der Waals surface area contributed by atoms with E-state index in [-0.39, 0.29) is 23.2 Å². The number of amides is 2. The molecule has 5 fully saturated rings. The fourth-order valence-corrected chi connectivity index (χ4v) is 6.44. The lowest BCUT2D eigenvalue weighted by molar-refractivity contribution is -0.577. The van der Waals surface area contributed by atoms with E-state index in [0.29, 0.717) is 31.4 Å². The first-order valence-electron chi connectivity index (χ1n) is 12.8. The number of nitro benzene ring substituents is 1. The molecule has 36 heavy (non-hydrogen) atoms. The fraction of sp³-hybridized carbons (Fsp3) is 0.720. The van der Waals surface area contributed by atoms with Crippen molar-refractivity contribution in [2.24, 2.45) is 23.7 Å². The number of urea groups is 1. The number of nitrogens with zero attached hydrogens (tertiary/aromatic N) is 1. The predicted octanol–water partition coefficient (Wildman–Crippen LogP) is 4.33. The molecule has 2 N–H and O–H groups in total. The standard InChI is InChI=1S/C25H35N3O8/c1-15-9-10-18-16(2)21(33-22-25(18)17(15)11-12-24(3,34-22)35-36-25)32-14-6-13-26-23(29)27-19-7-4-5-8-20(19)28(30)31/h4-5,7-8,15-18,21-22H,6,9-14H2,1-3H3,(H2,26,27,29)/t15-,16-,17+,18+,21-,22-,24+,25-/m1/s1. The summed E-state index contributed by atoms with van der Waals surface area (Å²) in [4.78, 5) is 34.7. The monoisotopic (exact) mass is 505 g/mol. The number of rotatable bonds is 7. The summed E-state index contributed by atoms with van der Waals surface area (Å²) in [7, 11) is 0. The lowest BCUT2D eigenvalue weighted by Crippen LogP contribution is -2.70. The van der Waals surface area contributed by atoms with E-state index in [9.17, 15) is 14.9 Å². The molecule has 6 rings (SSSR count). The van der Waals surface area contributed by atoms with Gasteiger partial charge in [-0.15, -0.1) is 0 Å². The lowest BCUT2D eigenvalue weighted by Gasteiger charge is -2.60. The number of fused-ring (bicyclic) bond motifs is 2. The molecule has 198 valence electrons. The highest BCUT2D eigenvalue weighted by Gasteiger charge is 2.69. The molecule has 8 atom stereocenters. The Morgan fingerprint density at radius 2 is 2.00 bits per heavy atom. The molecule has 0 radical (unpaired) electrons. The van der Waals surface area contributed by atoms with Crippen molar-refractivity contribution in [3.63, 3.8) is 0 Å². The lowest BCUT2D eigenvalue weighted by atomic mass is 9.58. The van der Waals surface area contributed by atoms with Crippen molar-refractivity contribution in [3.8, 4) is 0 Å². The molecule has 0 unspecified atom stereocenters. The zero-order valence-electron chi connectivity index (χ0n) is 20.9. The molecule has 5 aliphatic rings. The van der Waals surface area contributed by atoms with E-state index in [2.05, 4.69) is 24.5 Å². The first kappa shape index (κ1) is 25.3. The van der Waals surface area contributed by atoms with Crippen molar-refractivity contribution in [1.82, 2.24) is 5.32 Å². The molecule has 4 heterocycles. The Labute approximate surface area is 210 Å². The van der Waals surface area contributed by atoms with Crippen LogP contribution in [0.4, 0.5) is 16.2 Å². The van der Waals surface area contributed by atoms with Gasteiger partial charge >= 0.3 is 6.03 Å². The van der Waals surface area contributed by atoms with Crippen LogP contribution in [-0.2, 0) is 24.0 Å². The molecule has 1 aromatic rings. The number of benzene rings is 1. The van der Waals surface area contributed by atoms with Gasteiger partial charge in [0.05, 0.1) is 11.5 Å². The number of anilines is 1. The minimum atomic E-state index is -0.826. The summed E-state index contributed by atoms with van der Waals surface area (Å²) in [6.07, 6.45) is 3.40. The Kier molecular flexibility index (Phi) is 6.94. The molecule has 11 nitrogen and oxygen atoms in total. The first-order valence-corrected chi connectivity index (χ1v) is 12.8. The van der Waals surface area contributed by atoms with Crippen LogP contribution in [0.1, 0.15) is 52.9 Å². The SMILES string of the molecule is C[C@H]1[C@H](OCCCNC(=O)Nc2ccccc2[N+](=O)[O-])O[C@@H]2O[C@]3(C)CC[C@H]4[C@H](C)CC[C@@H]1[C@@]24OO3. The maximum absolute atomic E-state index is 12.2. The van der Waals surface area contributed by atoms with Crippen molar-refractivity contribution in [2.45, 2.75) is 76.8 Å². The van der Waals surface area contributed by atoms with Gasteiger partial charge in [-0.25, -0.2) is 14.6 Å². The van der Waals surface area contributed by atoms with Crippen LogP contribution in [0.15, 0.2) is 24.3 Å². The van der Waals surface area contributed by atoms with Gasteiger partial charge in [0.25, 0.3) is 5.69 Å². The van der Waals surface area contributed by atoms with Gasteiger partial charge in [0.1, 0.15) is 5.69 Å². The van der Waals surface area contributed by atoms with E-state index < -0.39 is 34.9 Å². The van der Waals surface area contributed by atoms with Crippen LogP contribution >= 0.6 is 0 Å². The molecule has 4 saturated heterocycles. The summed E-state index contributed by atoms with van der Waals surface area (Å²) in [5.74, 6) is 0.251. The van der Waals surface area contributed by atoms with Gasteiger partial charge in [0, 0.05) is 30.9 Å². The highest BCUT2D eigenvalue weighted by molar-refractivity contribution is 5.91. The highest BCUT2D eigenvalue weighted by atomic mass is 17.3. The maximum Gasteiger partial charge on any atom is 0.319 e. The van der Waals surface area contributed by atoms with Crippen LogP contribution in [0.25, 0.3) is 0 Å². The van der Waals surface area contributed by atoms with Crippen molar-refractivity contribution in [2.75, 3.05) is 18.5 Å². The van der Waals surface area contributed by atoms with Gasteiger partial charge in [0.2, 0.25) is 5.79 Å². The quantitative estimate of drug-likeness (QED) is 0.242. The van der Waals surface area contributed by atoms with E-state index in [1.807, 2.05) is 6.92 Å². The minimum Gasteiger partial charge on any atom is -0.352 e. The maximum atomic E-state index is 12.2. The van der Waals surface area contributed by atoms with Crippen LogP contribution < -0.4 is 10.6 Å². The van der Waals surface area contributed by atoms with Gasteiger partial charge in [-0.2, -0.15) is 0 Å². The van der Waals surface area contributed by atoms with Crippen LogP contribution in [0.5, 0.6) is 0 Å². The third kappa shape index (κ3) is 4.47. The third-order valence-electron chi connectivity index (χ3n) is 8.33. The predicted molar refractivity (Wildman–Crippen MR) is 128 cm³/mol. The second-order valence-electron chi connectivity index (χ2n) is 10.7. The average molecular weight is 506 g/mol. The smallest absolute Gasteiger partial charge is 0.319 e. The van der Waals surface area contributed by atoms with Gasteiger partial charge in [-0.05, 0) is 50.5 Å². The second kappa shape index (κ2) is 9.86. The third-order valence-corrected chi connectivity index (χ3v) is 8.33. The number of nitro groups is 1. The molecular formula is C25H35N3O8. The Balaban J connectivity index is 1.14. The number of para-hydroxylation sites is 2. The number of nitrogens with one attached hydrogen (secondary N) is 2. The summed E-state index contributed by atoms with van der Waals surface area (Å²) in [6.45, 7) is 7.03. The van der Waals surface area contributed by atoms with E-state index in [0.717, 1.165) is 25.7 Å². The first-order chi connectivity index (χ1) is 17.2. The summed E-state index contributed by atoms with van der Waals surface area (Å²) in [5.41, 5.74) is -0.631. The highest BCUT2D eigenvalue weighted by Crippen LogP contribution is 2.60. The van der Waals surface area contributed by atoms with Gasteiger partial charge < -0.3 is 24.8 Å². The van der Waals surface area contributed by atoms with Crippen molar-refractivity contribution < 1.29 is 33.7 Å². The van der Waals surface area contributed by atoms with Crippen LogP contribution in [-0.4, -0.2) is 48.1 Å².